The summed E-state index contributed by atoms with van der Waals surface area (Å²) in [7, 11) is 0. The number of hydrogen-bond acceptors (Lipinski definition) is 6. The lowest BCUT2D eigenvalue weighted by atomic mass is 9.84. The van der Waals surface area contributed by atoms with E-state index in [9.17, 15) is 19.2 Å². The number of rotatable bonds is 5. The van der Waals surface area contributed by atoms with E-state index < -0.39 is 23.8 Å². The summed E-state index contributed by atoms with van der Waals surface area (Å²) in [6.07, 6.45) is 2.30. The maximum Gasteiger partial charge on any atom is 0.262 e. The standard InChI is InChI=1S/C26H28N4O4/c27-14-17-9-5-13-29(23(17)16-6-2-1-3-7-16)15-18-8-4-10-19-22(18)26(34)30(25(19)33)20-11-12-21(31)28-24(20)32/h1-4,6-8,10,17,20,23H,5,9,11-15,27H2,(H,28,31,32)/t17-,20?,23+/m0/s1. The van der Waals surface area contributed by atoms with Crippen LogP contribution in [0.5, 0.6) is 0 Å². The number of benzene rings is 2. The van der Waals surface area contributed by atoms with Crippen LogP contribution < -0.4 is 11.1 Å². The van der Waals surface area contributed by atoms with Gasteiger partial charge < -0.3 is 5.73 Å². The summed E-state index contributed by atoms with van der Waals surface area (Å²) in [6.45, 7) is 1.93. The molecule has 8 nitrogen and oxygen atoms in total. The lowest BCUT2D eigenvalue weighted by molar-refractivity contribution is -0.136. The largest absolute Gasteiger partial charge is 0.330 e. The van der Waals surface area contributed by atoms with E-state index in [0.29, 0.717) is 30.1 Å². The second-order valence-corrected chi connectivity index (χ2v) is 9.25. The molecule has 0 spiro atoms. The van der Waals surface area contributed by atoms with Gasteiger partial charge in [-0.05, 0) is 55.5 Å². The van der Waals surface area contributed by atoms with Crippen LogP contribution in [0.15, 0.2) is 48.5 Å². The van der Waals surface area contributed by atoms with Crippen molar-refractivity contribution in [2.45, 2.75) is 44.3 Å². The van der Waals surface area contributed by atoms with Crippen LogP contribution in [0.2, 0.25) is 0 Å². The zero-order chi connectivity index (χ0) is 23.8. The minimum atomic E-state index is -0.966. The van der Waals surface area contributed by atoms with Gasteiger partial charge in [-0.15, -0.1) is 0 Å². The van der Waals surface area contributed by atoms with Gasteiger partial charge in [0.25, 0.3) is 11.8 Å². The molecule has 0 aromatic heterocycles. The smallest absolute Gasteiger partial charge is 0.262 e. The number of piperidine rings is 2. The first-order chi connectivity index (χ1) is 16.5. The molecule has 5 rings (SSSR count). The molecule has 3 atom stereocenters. The van der Waals surface area contributed by atoms with E-state index in [0.717, 1.165) is 29.8 Å². The van der Waals surface area contributed by atoms with Crippen molar-refractivity contribution in [2.75, 3.05) is 13.1 Å². The van der Waals surface area contributed by atoms with E-state index in [-0.39, 0.29) is 24.8 Å². The van der Waals surface area contributed by atoms with Crippen molar-refractivity contribution < 1.29 is 19.2 Å². The van der Waals surface area contributed by atoms with Gasteiger partial charge in [0.1, 0.15) is 6.04 Å². The second-order valence-electron chi connectivity index (χ2n) is 9.25. The number of amides is 4. The van der Waals surface area contributed by atoms with Gasteiger partial charge in [-0.3, -0.25) is 34.3 Å². The van der Waals surface area contributed by atoms with Crippen LogP contribution in [-0.2, 0) is 16.1 Å². The van der Waals surface area contributed by atoms with E-state index in [1.807, 2.05) is 24.3 Å². The van der Waals surface area contributed by atoms with Crippen LogP contribution in [-0.4, -0.2) is 52.6 Å². The van der Waals surface area contributed by atoms with Crippen molar-refractivity contribution in [1.82, 2.24) is 15.1 Å². The summed E-state index contributed by atoms with van der Waals surface area (Å²) in [4.78, 5) is 54.0. The van der Waals surface area contributed by atoms with E-state index >= 15 is 0 Å². The highest BCUT2D eigenvalue weighted by Gasteiger charge is 2.45. The Morgan fingerprint density at radius 2 is 1.74 bits per heavy atom. The lowest BCUT2D eigenvalue weighted by Gasteiger charge is -2.41. The Morgan fingerprint density at radius 3 is 2.47 bits per heavy atom. The fourth-order valence-electron chi connectivity index (χ4n) is 5.64. The predicted octanol–water partition coefficient (Wildman–Crippen LogP) is 2.00. The van der Waals surface area contributed by atoms with Gasteiger partial charge in [0.2, 0.25) is 11.8 Å². The number of nitrogens with one attached hydrogen (secondary N) is 1. The van der Waals surface area contributed by atoms with Crippen molar-refractivity contribution in [1.29, 1.82) is 0 Å². The van der Waals surface area contributed by atoms with E-state index in [1.165, 1.54) is 5.56 Å². The number of fused-ring (bicyclic) bond motifs is 1. The molecular formula is C26H28N4O4. The summed E-state index contributed by atoms with van der Waals surface area (Å²) < 4.78 is 0. The van der Waals surface area contributed by atoms with Crippen LogP contribution in [0, 0.1) is 5.92 Å². The highest BCUT2D eigenvalue weighted by Crippen LogP contribution is 2.38. The molecule has 2 aromatic carbocycles. The number of imide groups is 2. The van der Waals surface area contributed by atoms with Crippen molar-refractivity contribution in [3.63, 3.8) is 0 Å². The predicted molar refractivity (Wildman–Crippen MR) is 124 cm³/mol. The molecule has 2 aromatic rings. The molecule has 1 unspecified atom stereocenters. The van der Waals surface area contributed by atoms with Crippen LogP contribution in [0.4, 0.5) is 0 Å². The van der Waals surface area contributed by atoms with Crippen molar-refractivity contribution >= 4 is 23.6 Å². The number of nitrogens with zero attached hydrogens (tertiary/aromatic N) is 2. The maximum absolute atomic E-state index is 13.5. The molecule has 3 aliphatic heterocycles. The molecular weight excluding hydrogens is 432 g/mol. The van der Waals surface area contributed by atoms with E-state index in [2.05, 4.69) is 22.3 Å². The molecule has 0 saturated carbocycles. The third kappa shape index (κ3) is 3.82. The van der Waals surface area contributed by atoms with Gasteiger partial charge in [0, 0.05) is 19.0 Å². The number of hydrogen-bond donors (Lipinski definition) is 2. The normalized spacial score (nSPS) is 25.4. The monoisotopic (exact) mass is 460 g/mol. The highest BCUT2D eigenvalue weighted by molar-refractivity contribution is 6.24. The third-order valence-corrected chi connectivity index (χ3v) is 7.23. The number of carbonyl (C=O) groups is 4. The van der Waals surface area contributed by atoms with Crippen molar-refractivity contribution in [3.8, 4) is 0 Å². The average molecular weight is 461 g/mol. The average Bonchev–Trinajstić information content (AvgIpc) is 3.10. The Morgan fingerprint density at radius 1 is 0.941 bits per heavy atom. The highest BCUT2D eigenvalue weighted by atomic mass is 16.2. The van der Waals surface area contributed by atoms with Gasteiger partial charge in [0.15, 0.2) is 0 Å². The summed E-state index contributed by atoms with van der Waals surface area (Å²) in [5.74, 6) is -1.63. The maximum atomic E-state index is 13.5. The topological polar surface area (TPSA) is 113 Å². The fourth-order valence-corrected chi connectivity index (χ4v) is 5.64. The van der Waals surface area contributed by atoms with Crippen molar-refractivity contribution in [3.05, 3.63) is 70.8 Å². The molecule has 3 N–H and O–H groups in total. The quantitative estimate of drug-likeness (QED) is 0.660. The summed E-state index contributed by atoms with van der Waals surface area (Å²) in [6, 6.07) is 14.7. The minimum absolute atomic E-state index is 0.101. The van der Waals surface area contributed by atoms with Crippen LogP contribution >= 0.6 is 0 Å². The molecule has 0 aliphatic carbocycles. The van der Waals surface area contributed by atoms with E-state index in [4.69, 9.17) is 5.73 Å². The van der Waals surface area contributed by atoms with Crippen LogP contribution in [0.25, 0.3) is 0 Å². The lowest BCUT2D eigenvalue weighted by Crippen LogP contribution is -2.54. The Balaban J connectivity index is 1.46. The molecule has 3 aliphatic rings. The molecule has 3 heterocycles. The van der Waals surface area contributed by atoms with Gasteiger partial charge in [-0.25, -0.2) is 0 Å². The number of nitrogens with two attached hydrogens (primary N) is 1. The van der Waals surface area contributed by atoms with Gasteiger partial charge in [0.05, 0.1) is 11.1 Å². The van der Waals surface area contributed by atoms with Gasteiger partial charge >= 0.3 is 0 Å². The molecule has 2 saturated heterocycles. The summed E-state index contributed by atoms with van der Waals surface area (Å²) in [5.41, 5.74) is 8.78. The first-order valence-corrected chi connectivity index (χ1v) is 11.8. The Kier molecular flexibility index (Phi) is 6.02. The molecule has 176 valence electrons. The summed E-state index contributed by atoms with van der Waals surface area (Å²) in [5, 5.41) is 2.25. The molecule has 4 amide bonds. The molecule has 0 radical (unpaired) electrons. The number of likely N-dealkylation sites (tertiary alicyclic amines) is 1. The fraction of sp³-hybridized carbons (Fsp3) is 0.385. The number of carbonyl (C=O) groups excluding carboxylic acids is 4. The Labute approximate surface area is 198 Å². The van der Waals surface area contributed by atoms with Gasteiger partial charge in [-0.1, -0.05) is 42.5 Å². The van der Waals surface area contributed by atoms with Gasteiger partial charge in [-0.2, -0.15) is 0 Å². The first-order valence-electron chi connectivity index (χ1n) is 11.8. The SMILES string of the molecule is NC[C@@H]1CCCN(Cc2cccc3c2C(=O)N(C2CCC(=O)NC2=O)C3=O)[C@@H]1c1ccccc1. The molecule has 8 heteroatoms. The third-order valence-electron chi connectivity index (χ3n) is 7.23. The Hall–Kier alpha value is -3.36. The molecule has 0 bridgehead atoms. The Bertz CT molecular complexity index is 1150. The van der Waals surface area contributed by atoms with E-state index in [1.54, 1.807) is 12.1 Å². The first kappa shape index (κ1) is 22.4. The zero-order valence-electron chi connectivity index (χ0n) is 18.9. The minimum Gasteiger partial charge on any atom is -0.330 e. The second kappa shape index (κ2) is 9.12. The van der Waals surface area contributed by atoms with Crippen molar-refractivity contribution in [2.24, 2.45) is 11.7 Å². The molecule has 2 fully saturated rings. The zero-order valence-corrected chi connectivity index (χ0v) is 18.9. The van der Waals surface area contributed by atoms with Crippen LogP contribution in [0.3, 0.4) is 0 Å². The summed E-state index contributed by atoms with van der Waals surface area (Å²) >= 11 is 0. The van der Waals surface area contributed by atoms with Crippen LogP contribution in [0.1, 0.15) is 63.6 Å². The molecule has 34 heavy (non-hydrogen) atoms.